The Hall–Kier alpha value is -3.66. The van der Waals surface area contributed by atoms with Crippen LogP contribution in [-0.2, 0) is 22.6 Å². The van der Waals surface area contributed by atoms with E-state index in [1.807, 2.05) is 18.2 Å². The van der Waals surface area contributed by atoms with Gasteiger partial charge in [-0.15, -0.1) is 0 Å². The van der Waals surface area contributed by atoms with E-state index >= 15 is 0 Å². The number of carbonyl (C=O) groups is 2. The molecule has 2 aromatic rings. The van der Waals surface area contributed by atoms with Gasteiger partial charge >= 0.3 is 11.8 Å². The molecule has 0 spiro atoms. The molecule has 33 heavy (non-hydrogen) atoms. The van der Waals surface area contributed by atoms with Crippen molar-refractivity contribution in [3.63, 3.8) is 0 Å². The van der Waals surface area contributed by atoms with E-state index in [9.17, 15) is 14.0 Å². The molecule has 0 radical (unpaired) electrons. The highest BCUT2D eigenvalue weighted by Gasteiger charge is 2.35. The minimum absolute atomic E-state index is 0.0882. The SMILES string of the molecule is CC(=N)NC[C@H]1Cc2cc(CNC(=N)N)ccc2[C@@H]1NC(=O)C(=O)Nc1ccc(Cl)c(F)c1. The van der Waals surface area contributed by atoms with Gasteiger partial charge < -0.3 is 27.0 Å². The fraction of sp³-hybridized carbons (Fsp3) is 0.273. The minimum atomic E-state index is -0.928. The average Bonchev–Trinajstić information content (AvgIpc) is 3.09. The maximum absolute atomic E-state index is 13.6. The molecule has 1 aliphatic carbocycles. The van der Waals surface area contributed by atoms with Crippen molar-refractivity contribution in [3.8, 4) is 0 Å². The van der Waals surface area contributed by atoms with E-state index in [1.165, 1.54) is 12.1 Å². The fourth-order valence-electron chi connectivity index (χ4n) is 3.74. The monoisotopic (exact) mass is 473 g/mol. The number of amides is 2. The van der Waals surface area contributed by atoms with Gasteiger partial charge in [0, 0.05) is 24.7 Å². The summed E-state index contributed by atoms with van der Waals surface area (Å²) in [5, 5.41) is 25.7. The summed E-state index contributed by atoms with van der Waals surface area (Å²) >= 11 is 5.65. The molecule has 3 rings (SSSR count). The average molecular weight is 474 g/mol. The quantitative estimate of drug-likeness (QED) is 0.194. The zero-order valence-corrected chi connectivity index (χ0v) is 18.6. The highest BCUT2D eigenvalue weighted by Crippen LogP contribution is 2.36. The first-order valence-electron chi connectivity index (χ1n) is 10.2. The predicted octanol–water partition coefficient (Wildman–Crippen LogP) is 2.02. The first-order chi connectivity index (χ1) is 15.6. The van der Waals surface area contributed by atoms with Gasteiger partial charge in [0.25, 0.3) is 0 Å². The van der Waals surface area contributed by atoms with Crippen LogP contribution in [0.2, 0.25) is 5.02 Å². The van der Waals surface area contributed by atoms with Gasteiger partial charge in [-0.1, -0.05) is 29.8 Å². The second-order valence-corrected chi connectivity index (χ2v) is 8.21. The van der Waals surface area contributed by atoms with Gasteiger partial charge in [-0.3, -0.25) is 20.4 Å². The molecule has 0 saturated carbocycles. The summed E-state index contributed by atoms with van der Waals surface area (Å²) in [5.74, 6) is -2.42. The zero-order chi connectivity index (χ0) is 24.1. The maximum atomic E-state index is 13.6. The summed E-state index contributed by atoms with van der Waals surface area (Å²) in [6.07, 6.45) is 0.623. The normalized spacial score (nSPS) is 16.5. The summed E-state index contributed by atoms with van der Waals surface area (Å²) in [6, 6.07) is 8.98. The summed E-state index contributed by atoms with van der Waals surface area (Å²) in [4.78, 5) is 25.1. The summed E-state index contributed by atoms with van der Waals surface area (Å²) in [7, 11) is 0. The smallest absolute Gasteiger partial charge is 0.313 e. The predicted molar refractivity (Wildman–Crippen MR) is 125 cm³/mol. The van der Waals surface area contributed by atoms with Crippen LogP contribution in [0.4, 0.5) is 10.1 Å². The lowest BCUT2D eigenvalue weighted by Gasteiger charge is -2.22. The molecular formula is C22H25ClFN7O2. The van der Waals surface area contributed by atoms with Crippen molar-refractivity contribution in [2.24, 2.45) is 11.7 Å². The molecule has 0 aromatic heterocycles. The molecule has 1 aliphatic rings. The van der Waals surface area contributed by atoms with Crippen LogP contribution in [0.3, 0.4) is 0 Å². The van der Waals surface area contributed by atoms with Crippen LogP contribution in [0, 0.1) is 22.6 Å². The molecule has 0 unspecified atom stereocenters. The summed E-state index contributed by atoms with van der Waals surface area (Å²) in [6.45, 7) is 2.45. The molecule has 2 atom stereocenters. The Kier molecular flexibility index (Phi) is 7.49. The van der Waals surface area contributed by atoms with Crippen molar-refractivity contribution in [2.75, 3.05) is 11.9 Å². The molecule has 0 bridgehead atoms. The number of nitrogens with one attached hydrogen (secondary N) is 6. The molecule has 2 aromatic carbocycles. The van der Waals surface area contributed by atoms with Gasteiger partial charge in [-0.25, -0.2) is 4.39 Å². The Labute approximate surface area is 195 Å². The topological polar surface area (TPSA) is 156 Å². The van der Waals surface area contributed by atoms with Gasteiger partial charge in [0.1, 0.15) is 5.82 Å². The van der Waals surface area contributed by atoms with Crippen LogP contribution >= 0.6 is 11.6 Å². The van der Waals surface area contributed by atoms with Gasteiger partial charge in [0.15, 0.2) is 5.96 Å². The Morgan fingerprint density at radius 1 is 1.15 bits per heavy atom. The van der Waals surface area contributed by atoms with Gasteiger partial charge in [0.05, 0.1) is 16.9 Å². The minimum Gasteiger partial charge on any atom is -0.374 e. The molecular weight excluding hydrogens is 449 g/mol. The van der Waals surface area contributed by atoms with Crippen LogP contribution < -0.4 is 27.0 Å². The van der Waals surface area contributed by atoms with Crippen molar-refractivity contribution in [2.45, 2.75) is 25.9 Å². The number of rotatable bonds is 6. The van der Waals surface area contributed by atoms with Gasteiger partial charge in [-0.2, -0.15) is 0 Å². The fourth-order valence-corrected chi connectivity index (χ4v) is 3.86. The van der Waals surface area contributed by atoms with Gasteiger partial charge in [-0.05, 0) is 48.2 Å². The lowest BCUT2D eigenvalue weighted by Crippen LogP contribution is -2.41. The molecule has 0 fully saturated rings. The third-order valence-corrected chi connectivity index (χ3v) is 5.59. The first kappa shape index (κ1) is 24.0. The Balaban J connectivity index is 1.75. The molecule has 11 heteroatoms. The van der Waals surface area contributed by atoms with Crippen molar-refractivity contribution in [1.29, 1.82) is 10.8 Å². The van der Waals surface area contributed by atoms with E-state index in [-0.39, 0.29) is 22.6 Å². The highest BCUT2D eigenvalue weighted by molar-refractivity contribution is 6.39. The van der Waals surface area contributed by atoms with E-state index < -0.39 is 23.7 Å². The molecule has 9 nitrogen and oxygen atoms in total. The number of benzene rings is 2. The molecule has 2 amide bonds. The second-order valence-electron chi connectivity index (χ2n) is 7.80. The first-order valence-corrected chi connectivity index (χ1v) is 10.6. The third kappa shape index (κ3) is 6.19. The van der Waals surface area contributed by atoms with E-state index in [0.29, 0.717) is 25.3 Å². The van der Waals surface area contributed by atoms with E-state index in [0.717, 1.165) is 22.8 Å². The molecule has 8 N–H and O–H groups in total. The molecule has 0 heterocycles. The number of hydrogen-bond donors (Lipinski definition) is 7. The van der Waals surface area contributed by atoms with E-state index in [1.54, 1.807) is 6.92 Å². The van der Waals surface area contributed by atoms with Crippen molar-refractivity contribution in [3.05, 3.63) is 63.9 Å². The van der Waals surface area contributed by atoms with Crippen LogP contribution in [-0.4, -0.2) is 30.2 Å². The Morgan fingerprint density at radius 2 is 1.91 bits per heavy atom. The van der Waals surface area contributed by atoms with Crippen LogP contribution in [0.5, 0.6) is 0 Å². The lowest BCUT2D eigenvalue weighted by molar-refractivity contribution is -0.136. The van der Waals surface area contributed by atoms with Gasteiger partial charge in [0.2, 0.25) is 0 Å². The van der Waals surface area contributed by atoms with Crippen molar-refractivity contribution in [1.82, 2.24) is 16.0 Å². The number of guanidine groups is 1. The second kappa shape index (κ2) is 10.3. The Morgan fingerprint density at radius 3 is 2.58 bits per heavy atom. The van der Waals surface area contributed by atoms with Crippen molar-refractivity contribution >= 4 is 40.9 Å². The number of hydrogen-bond acceptors (Lipinski definition) is 4. The summed E-state index contributed by atoms with van der Waals surface area (Å²) < 4.78 is 13.6. The van der Waals surface area contributed by atoms with Crippen LogP contribution in [0.1, 0.15) is 29.7 Å². The lowest BCUT2D eigenvalue weighted by atomic mass is 10.00. The highest BCUT2D eigenvalue weighted by atomic mass is 35.5. The zero-order valence-electron chi connectivity index (χ0n) is 17.9. The number of halogens is 2. The number of amidine groups is 1. The third-order valence-electron chi connectivity index (χ3n) is 5.28. The number of nitrogens with two attached hydrogens (primary N) is 1. The number of anilines is 1. The van der Waals surface area contributed by atoms with E-state index in [2.05, 4.69) is 21.3 Å². The molecule has 0 aliphatic heterocycles. The Bertz CT molecular complexity index is 1110. The molecule has 0 saturated heterocycles. The van der Waals surface area contributed by atoms with E-state index in [4.69, 9.17) is 28.2 Å². The summed E-state index contributed by atoms with van der Waals surface area (Å²) in [5.41, 5.74) is 8.26. The maximum Gasteiger partial charge on any atom is 0.313 e. The van der Waals surface area contributed by atoms with Crippen LogP contribution in [0.25, 0.3) is 0 Å². The van der Waals surface area contributed by atoms with Crippen LogP contribution in [0.15, 0.2) is 36.4 Å². The standard InChI is InChI=1S/C22H25ClFN7O2/c1-11(25)28-10-14-7-13-6-12(9-29-22(26)27)2-4-16(13)19(14)31-21(33)20(32)30-15-3-5-17(23)18(24)8-15/h2-6,8,14,19H,7,9-10H2,1H3,(H2,25,28)(H,30,32)(H,31,33)(H4,26,27,29)/t14-,19-/m1/s1. The van der Waals surface area contributed by atoms with Crippen molar-refractivity contribution < 1.29 is 14.0 Å². The molecule has 174 valence electrons. The largest absolute Gasteiger partial charge is 0.374 e. The number of fused-ring (bicyclic) bond motifs is 1. The number of carbonyl (C=O) groups excluding carboxylic acids is 2.